The van der Waals surface area contributed by atoms with Gasteiger partial charge in [-0.05, 0) is 44.6 Å². The minimum Gasteiger partial charge on any atom is -0.392 e. The van der Waals surface area contributed by atoms with Gasteiger partial charge in [0.15, 0.2) is 5.65 Å². The molecule has 2 aliphatic rings. The highest BCUT2D eigenvalue weighted by Crippen LogP contribution is 2.50. The van der Waals surface area contributed by atoms with Crippen molar-refractivity contribution in [2.24, 2.45) is 0 Å². The van der Waals surface area contributed by atoms with Gasteiger partial charge in [0.1, 0.15) is 0 Å². The van der Waals surface area contributed by atoms with Gasteiger partial charge in [-0.3, -0.25) is 0 Å². The molecule has 1 fully saturated rings. The monoisotopic (exact) mass is 243 g/mol. The molecular weight excluding hydrogens is 226 g/mol. The van der Waals surface area contributed by atoms with Crippen LogP contribution in [0.5, 0.6) is 0 Å². The maximum Gasteiger partial charge on any atom is 0.155 e. The molecule has 0 unspecified atom stereocenters. The Morgan fingerprint density at radius 3 is 3.11 bits per heavy atom. The van der Waals surface area contributed by atoms with E-state index in [1.807, 2.05) is 10.6 Å². The lowest BCUT2D eigenvalue weighted by Gasteiger charge is -2.27. The van der Waals surface area contributed by atoms with Crippen molar-refractivity contribution in [1.29, 1.82) is 0 Å². The summed E-state index contributed by atoms with van der Waals surface area (Å²) in [6, 6.07) is 1.95. The molecule has 18 heavy (non-hydrogen) atoms. The van der Waals surface area contributed by atoms with Crippen LogP contribution in [-0.2, 0) is 11.8 Å². The number of rotatable bonds is 0. The highest BCUT2D eigenvalue weighted by atomic mass is 16.3. The number of aliphatic hydroxyl groups excluding tert-OH is 1. The molecule has 0 amide bonds. The first kappa shape index (κ1) is 10.5. The number of nitrogens with zero attached hydrogens (tertiary/aromatic N) is 3. The lowest BCUT2D eigenvalue weighted by Crippen LogP contribution is -2.33. The smallest absolute Gasteiger partial charge is 0.155 e. The zero-order valence-corrected chi connectivity index (χ0v) is 10.6. The van der Waals surface area contributed by atoms with Gasteiger partial charge in [0.25, 0.3) is 0 Å². The molecule has 1 N–H and O–H groups in total. The minimum atomic E-state index is -0.212. The van der Waals surface area contributed by atoms with Crippen molar-refractivity contribution < 1.29 is 5.11 Å². The summed E-state index contributed by atoms with van der Waals surface area (Å²) >= 11 is 0. The molecule has 0 aromatic carbocycles. The summed E-state index contributed by atoms with van der Waals surface area (Å²) in [4.78, 5) is 4.80. The maximum atomic E-state index is 10.4. The van der Waals surface area contributed by atoms with Gasteiger partial charge in [-0.25, -0.2) is 9.50 Å². The lowest BCUT2D eigenvalue weighted by molar-refractivity contribution is 0.104. The molecule has 94 valence electrons. The van der Waals surface area contributed by atoms with Crippen molar-refractivity contribution in [1.82, 2.24) is 14.6 Å². The van der Waals surface area contributed by atoms with E-state index in [-0.39, 0.29) is 11.5 Å². The molecule has 2 atom stereocenters. The number of hydrogen-bond donors (Lipinski definition) is 1. The van der Waals surface area contributed by atoms with E-state index in [0.29, 0.717) is 0 Å². The number of hydrogen-bond acceptors (Lipinski definition) is 3. The molecule has 0 aliphatic heterocycles. The van der Waals surface area contributed by atoms with Crippen LogP contribution in [-0.4, -0.2) is 25.8 Å². The zero-order valence-electron chi connectivity index (χ0n) is 10.6. The van der Waals surface area contributed by atoms with Gasteiger partial charge < -0.3 is 5.11 Å². The summed E-state index contributed by atoms with van der Waals surface area (Å²) in [5.74, 6) is 0. The second-order valence-electron chi connectivity index (χ2n) is 5.69. The van der Waals surface area contributed by atoms with Gasteiger partial charge in [-0.2, -0.15) is 5.10 Å². The fourth-order valence-electron chi connectivity index (χ4n) is 3.92. The van der Waals surface area contributed by atoms with Crippen LogP contribution in [0.4, 0.5) is 0 Å². The van der Waals surface area contributed by atoms with Crippen molar-refractivity contribution in [3.63, 3.8) is 0 Å². The fraction of sp³-hybridized carbons (Fsp3) is 0.571. The molecule has 0 radical (unpaired) electrons. The number of fused-ring (bicyclic) bond motifs is 3. The number of aryl methyl sites for hydroxylation is 1. The van der Waals surface area contributed by atoms with Gasteiger partial charge in [0.2, 0.25) is 0 Å². The molecular formula is C14H17N3O. The highest BCUT2D eigenvalue weighted by molar-refractivity contribution is 5.48. The van der Waals surface area contributed by atoms with E-state index in [9.17, 15) is 5.11 Å². The minimum absolute atomic E-state index is 0.0634. The van der Waals surface area contributed by atoms with Gasteiger partial charge in [0, 0.05) is 17.2 Å². The van der Waals surface area contributed by atoms with E-state index in [4.69, 9.17) is 4.98 Å². The van der Waals surface area contributed by atoms with Crippen LogP contribution in [0.25, 0.3) is 5.65 Å². The fourth-order valence-corrected chi connectivity index (χ4v) is 3.92. The average Bonchev–Trinajstić information content (AvgIpc) is 3.03. The van der Waals surface area contributed by atoms with Gasteiger partial charge in [0.05, 0.1) is 18.0 Å². The Morgan fingerprint density at radius 2 is 2.33 bits per heavy atom. The standard InChI is InChI=1S/C14H17N3O/c1-9-10-4-7-14(6-2-3-11(14)18)13(10)16-12-5-8-15-17(9)12/h5,8,11,18H,2-4,6-7H2,1H3/t11-,14-/m1/s1. The second kappa shape index (κ2) is 3.32. The predicted octanol–water partition coefficient (Wildman–Crippen LogP) is 1.77. The molecule has 2 aromatic heterocycles. The molecule has 4 heteroatoms. The first-order chi connectivity index (χ1) is 8.72. The molecule has 4 rings (SSSR count). The van der Waals surface area contributed by atoms with Crippen LogP contribution in [0.15, 0.2) is 12.3 Å². The summed E-state index contributed by atoms with van der Waals surface area (Å²) in [6.45, 7) is 2.11. The Hall–Kier alpha value is -1.42. The molecule has 2 aromatic rings. The molecule has 0 bridgehead atoms. The van der Waals surface area contributed by atoms with Crippen molar-refractivity contribution in [2.45, 2.75) is 50.5 Å². The zero-order chi connectivity index (χ0) is 12.3. The van der Waals surface area contributed by atoms with Crippen molar-refractivity contribution in [3.05, 3.63) is 29.2 Å². The summed E-state index contributed by atoms with van der Waals surface area (Å²) in [5, 5.41) is 14.7. The molecule has 1 spiro atoms. The van der Waals surface area contributed by atoms with Crippen molar-refractivity contribution >= 4 is 5.65 Å². The van der Waals surface area contributed by atoms with Gasteiger partial charge >= 0.3 is 0 Å². The molecule has 2 aliphatic carbocycles. The van der Waals surface area contributed by atoms with Crippen molar-refractivity contribution in [3.8, 4) is 0 Å². The van der Waals surface area contributed by atoms with Crippen LogP contribution < -0.4 is 0 Å². The first-order valence-corrected chi connectivity index (χ1v) is 6.74. The lowest BCUT2D eigenvalue weighted by atomic mass is 9.81. The van der Waals surface area contributed by atoms with Crippen LogP contribution in [0, 0.1) is 6.92 Å². The van der Waals surface area contributed by atoms with E-state index >= 15 is 0 Å². The second-order valence-corrected chi connectivity index (χ2v) is 5.69. The van der Waals surface area contributed by atoms with Crippen LogP contribution in [0.2, 0.25) is 0 Å². The predicted molar refractivity (Wildman–Crippen MR) is 67.6 cm³/mol. The molecule has 0 saturated heterocycles. The summed E-state index contributed by atoms with van der Waals surface area (Å²) in [5.41, 5.74) is 4.50. The van der Waals surface area contributed by atoms with Crippen LogP contribution in [0.3, 0.4) is 0 Å². The Kier molecular flexibility index (Phi) is 1.94. The van der Waals surface area contributed by atoms with E-state index in [1.165, 1.54) is 11.3 Å². The molecule has 2 heterocycles. The quantitative estimate of drug-likeness (QED) is 0.767. The average molecular weight is 243 g/mol. The Labute approximate surface area is 106 Å². The van der Waals surface area contributed by atoms with Gasteiger partial charge in [-0.1, -0.05) is 0 Å². The van der Waals surface area contributed by atoms with Crippen LogP contribution in [0.1, 0.15) is 42.6 Å². The topological polar surface area (TPSA) is 50.4 Å². The largest absolute Gasteiger partial charge is 0.392 e. The highest BCUT2D eigenvalue weighted by Gasteiger charge is 2.49. The van der Waals surface area contributed by atoms with E-state index < -0.39 is 0 Å². The van der Waals surface area contributed by atoms with Gasteiger partial charge in [-0.15, -0.1) is 0 Å². The SMILES string of the molecule is Cc1c2c(nc3ccnn13)[C@]1(CCC[C@H]1O)CC2. The number of aliphatic hydroxyl groups is 1. The molecule has 1 saturated carbocycles. The van der Waals surface area contributed by atoms with E-state index in [2.05, 4.69) is 12.0 Å². The maximum absolute atomic E-state index is 10.4. The summed E-state index contributed by atoms with van der Waals surface area (Å²) in [6.07, 6.45) is 6.78. The van der Waals surface area contributed by atoms with E-state index in [1.54, 1.807) is 6.20 Å². The normalized spacial score (nSPS) is 30.4. The summed E-state index contributed by atoms with van der Waals surface area (Å²) in [7, 11) is 0. The Bertz CT molecular complexity index is 633. The number of aromatic nitrogens is 3. The third-order valence-corrected chi connectivity index (χ3v) is 4.92. The Morgan fingerprint density at radius 1 is 1.44 bits per heavy atom. The van der Waals surface area contributed by atoms with Crippen LogP contribution >= 0.6 is 0 Å². The third kappa shape index (κ3) is 1.09. The summed E-state index contributed by atoms with van der Waals surface area (Å²) < 4.78 is 1.92. The third-order valence-electron chi connectivity index (χ3n) is 4.92. The molecule has 4 nitrogen and oxygen atoms in total. The van der Waals surface area contributed by atoms with Crippen molar-refractivity contribution in [2.75, 3.05) is 0 Å². The van der Waals surface area contributed by atoms with E-state index in [0.717, 1.165) is 43.4 Å². The Balaban J connectivity index is 2.02. The first-order valence-electron chi connectivity index (χ1n) is 6.74.